The number of imidazole rings is 1. The normalized spacial score (nSPS) is 12.9. The van der Waals surface area contributed by atoms with Crippen molar-refractivity contribution in [3.05, 3.63) is 29.5 Å². The van der Waals surface area contributed by atoms with E-state index in [9.17, 15) is 9.42 Å². The fourth-order valence-corrected chi connectivity index (χ4v) is 6.11. The van der Waals surface area contributed by atoms with Crippen molar-refractivity contribution in [2.45, 2.75) is 30.2 Å². The molecule has 1 atom stereocenters. The first-order chi connectivity index (χ1) is 12.9. The van der Waals surface area contributed by atoms with Gasteiger partial charge in [0.2, 0.25) is 0 Å². The zero-order chi connectivity index (χ0) is 19.3. The Labute approximate surface area is 166 Å². The second-order valence-corrected chi connectivity index (χ2v) is 10.4. The average Bonchev–Trinajstić information content (AvgIpc) is 3.33. The van der Waals surface area contributed by atoms with Crippen LogP contribution in [0, 0.1) is 6.92 Å². The van der Waals surface area contributed by atoms with E-state index in [0.29, 0.717) is 42.9 Å². The molecule has 0 spiro atoms. The molecule has 7 nitrogen and oxygen atoms in total. The summed E-state index contributed by atoms with van der Waals surface area (Å²) in [6, 6.07) is 1.82. The topological polar surface area (TPSA) is 107 Å². The van der Waals surface area contributed by atoms with E-state index in [0.717, 1.165) is 9.74 Å². The molecule has 0 bridgehead atoms. The average molecular weight is 420 g/mol. The van der Waals surface area contributed by atoms with Crippen LogP contribution in [0.5, 0.6) is 0 Å². The minimum Gasteiger partial charge on any atom is -0.427 e. The van der Waals surface area contributed by atoms with Gasteiger partial charge < -0.3 is 10.9 Å². The van der Waals surface area contributed by atoms with Gasteiger partial charge in [-0.1, -0.05) is 13.8 Å². The van der Waals surface area contributed by atoms with E-state index in [2.05, 4.69) is 9.97 Å². The van der Waals surface area contributed by atoms with Gasteiger partial charge in [0.25, 0.3) is 0 Å². The summed E-state index contributed by atoms with van der Waals surface area (Å²) in [5, 5.41) is 13.5. The van der Waals surface area contributed by atoms with Crippen LogP contribution in [0.25, 0.3) is 32.3 Å². The van der Waals surface area contributed by atoms with Gasteiger partial charge in [-0.05, 0) is 13.0 Å². The molecular weight excluding hydrogens is 402 g/mol. The van der Waals surface area contributed by atoms with Gasteiger partial charge in [-0.15, -0.1) is 22.7 Å². The Morgan fingerprint density at radius 1 is 1.33 bits per heavy atom. The molecule has 0 aromatic carbocycles. The van der Waals surface area contributed by atoms with Crippen molar-refractivity contribution in [2.75, 3.05) is 5.73 Å². The van der Waals surface area contributed by atoms with E-state index < -0.39 is 10.8 Å². The van der Waals surface area contributed by atoms with Crippen molar-refractivity contribution in [2.24, 2.45) is 0 Å². The van der Waals surface area contributed by atoms with Crippen LogP contribution in [0.15, 0.2) is 28.0 Å². The van der Waals surface area contributed by atoms with Gasteiger partial charge >= 0.3 is 0 Å². The zero-order valence-corrected chi connectivity index (χ0v) is 17.3. The van der Waals surface area contributed by atoms with Gasteiger partial charge in [0.1, 0.15) is 19.7 Å². The van der Waals surface area contributed by atoms with Crippen molar-refractivity contribution in [3.8, 4) is 22.1 Å². The highest BCUT2D eigenvalue weighted by atomic mass is 32.2. The quantitative estimate of drug-likeness (QED) is 0.485. The van der Waals surface area contributed by atoms with Crippen LogP contribution >= 0.6 is 22.7 Å². The number of nitrogen functional groups attached to an aromatic ring is 1. The summed E-state index contributed by atoms with van der Waals surface area (Å²) in [7, 11) is -1.24. The smallest absolute Gasteiger partial charge is 0.176 e. The first kappa shape index (κ1) is 18.1. The molecule has 0 amide bonds. The summed E-state index contributed by atoms with van der Waals surface area (Å²) in [5.41, 5.74) is 8.79. The van der Waals surface area contributed by atoms with Gasteiger partial charge in [0.05, 0.1) is 28.4 Å². The monoisotopic (exact) mass is 419 g/mol. The lowest BCUT2D eigenvalue weighted by molar-refractivity contribution is 0.190. The summed E-state index contributed by atoms with van der Waals surface area (Å²) >= 11 is 2.79. The minimum atomic E-state index is -1.24. The molecule has 0 radical (unpaired) electrons. The molecule has 0 fully saturated rings. The Morgan fingerprint density at radius 3 is 2.70 bits per heavy atom. The number of anilines is 1. The van der Waals surface area contributed by atoms with Gasteiger partial charge in [0, 0.05) is 27.8 Å². The Kier molecular flexibility index (Phi) is 4.49. The van der Waals surface area contributed by atoms with Gasteiger partial charge in [-0.2, -0.15) is 4.73 Å². The molecule has 0 aliphatic rings. The number of fused-ring (bicyclic) bond motifs is 1. The Morgan fingerprint density at radius 2 is 2.11 bits per heavy atom. The van der Waals surface area contributed by atoms with Gasteiger partial charge in [0.15, 0.2) is 5.82 Å². The number of thiazole rings is 1. The number of thiophene rings is 1. The SMILES string of the molecule is Cc1cn(O)c(-c2cc(-c3nccs3)nc3sc(S(=O)C(C)C)c(N)c23)n1. The number of nitrogens with zero attached hydrogens (tertiary/aromatic N) is 4. The number of hydrogen-bond donors (Lipinski definition) is 2. The van der Waals surface area contributed by atoms with Crippen LogP contribution in [0.1, 0.15) is 19.5 Å². The van der Waals surface area contributed by atoms with Crippen molar-refractivity contribution in [3.63, 3.8) is 0 Å². The van der Waals surface area contributed by atoms with Crippen LogP contribution < -0.4 is 5.73 Å². The molecule has 0 saturated heterocycles. The van der Waals surface area contributed by atoms with Gasteiger partial charge in [-0.25, -0.2) is 15.0 Å². The zero-order valence-electron chi connectivity index (χ0n) is 14.8. The van der Waals surface area contributed by atoms with Crippen molar-refractivity contribution >= 4 is 49.4 Å². The second kappa shape index (κ2) is 6.70. The van der Waals surface area contributed by atoms with Crippen molar-refractivity contribution in [1.29, 1.82) is 0 Å². The summed E-state index contributed by atoms with van der Waals surface area (Å²) in [6.45, 7) is 5.57. The van der Waals surface area contributed by atoms with E-state index in [-0.39, 0.29) is 5.25 Å². The predicted octanol–water partition coefficient (Wildman–Crippen LogP) is 3.93. The van der Waals surface area contributed by atoms with Gasteiger partial charge in [-0.3, -0.25) is 4.21 Å². The number of pyridine rings is 1. The maximum absolute atomic E-state index is 12.7. The summed E-state index contributed by atoms with van der Waals surface area (Å²) in [4.78, 5) is 14.1. The number of hydrogen-bond acceptors (Lipinski definition) is 8. The van der Waals surface area contributed by atoms with E-state index in [4.69, 9.17) is 10.7 Å². The number of rotatable bonds is 4. The highest BCUT2D eigenvalue weighted by Crippen LogP contribution is 2.42. The lowest BCUT2D eigenvalue weighted by atomic mass is 10.1. The molecule has 0 aliphatic carbocycles. The summed E-state index contributed by atoms with van der Waals surface area (Å²) < 4.78 is 14.3. The van der Waals surface area contributed by atoms with E-state index in [1.807, 2.05) is 25.3 Å². The van der Waals surface area contributed by atoms with E-state index in [1.54, 1.807) is 13.1 Å². The second-order valence-electron chi connectivity index (χ2n) is 6.27. The van der Waals surface area contributed by atoms with Crippen molar-refractivity contribution < 1.29 is 9.42 Å². The van der Waals surface area contributed by atoms with Crippen LogP contribution in [-0.2, 0) is 10.8 Å². The lowest BCUT2D eigenvalue weighted by Gasteiger charge is -2.07. The molecule has 1 unspecified atom stereocenters. The van der Waals surface area contributed by atoms with Crippen molar-refractivity contribution in [1.82, 2.24) is 19.7 Å². The van der Waals surface area contributed by atoms with Crippen LogP contribution in [0.2, 0.25) is 0 Å². The maximum atomic E-state index is 12.7. The molecule has 0 aliphatic heterocycles. The molecular formula is C17H17N5O2S3. The highest BCUT2D eigenvalue weighted by Gasteiger charge is 2.24. The molecule has 4 rings (SSSR count). The molecule has 4 aromatic heterocycles. The molecule has 27 heavy (non-hydrogen) atoms. The fourth-order valence-electron chi connectivity index (χ4n) is 2.77. The standard InChI is InChI=1S/C17H17N5O2S3/c1-8(2)27(24)17-13(18)12-10(14-20-9(3)7-22(14)23)6-11(21-16(12)26-17)15-19-4-5-25-15/h4-8,23H,18H2,1-3H3. The third kappa shape index (κ3) is 3.03. The molecule has 3 N–H and O–H groups in total. The first-order valence-corrected chi connectivity index (χ1v) is 11.1. The third-order valence-corrected chi connectivity index (χ3v) is 7.85. The van der Waals surface area contributed by atoms with Crippen LogP contribution in [-0.4, -0.2) is 34.3 Å². The van der Waals surface area contributed by atoms with Crippen LogP contribution in [0.3, 0.4) is 0 Å². The molecule has 0 saturated carbocycles. The highest BCUT2D eigenvalue weighted by molar-refractivity contribution is 7.88. The summed E-state index contributed by atoms with van der Waals surface area (Å²) in [5.74, 6) is 0.365. The summed E-state index contributed by atoms with van der Waals surface area (Å²) in [6.07, 6.45) is 3.24. The predicted molar refractivity (Wildman–Crippen MR) is 110 cm³/mol. The number of aromatic nitrogens is 4. The van der Waals surface area contributed by atoms with E-state index >= 15 is 0 Å². The van der Waals surface area contributed by atoms with E-state index in [1.165, 1.54) is 28.9 Å². The lowest BCUT2D eigenvalue weighted by Crippen LogP contribution is -2.06. The molecule has 4 aromatic rings. The Bertz CT molecular complexity index is 1160. The third-order valence-electron chi connectivity index (χ3n) is 3.98. The largest absolute Gasteiger partial charge is 0.427 e. The van der Waals surface area contributed by atoms with Crippen LogP contribution in [0.4, 0.5) is 5.69 Å². The number of aryl methyl sites for hydroxylation is 1. The number of nitrogens with two attached hydrogens (primary N) is 1. The first-order valence-electron chi connectivity index (χ1n) is 8.16. The molecule has 140 valence electrons. The Hall–Kier alpha value is -2.30. The molecule has 10 heteroatoms. The Balaban J connectivity index is 2.06. The fraction of sp³-hybridized carbons (Fsp3) is 0.235. The minimum absolute atomic E-state index is 0.0654. The maximum Gasteiger partial charge on any atom is 0.176 e. The molecule has 4 heterocycles.